The number of hydrogen-bond acceptors (Lipinski definition) is 1. The monoisotopic (exact) mass is 217 g/mol. The summed E-state index contributed by atoms with van der Waals surface area (Å²) < 4.78 is 0. The van der Waals surface area contributed by atoms with Crippen molar-refractivity contribution in [1.82, 2.24) is 5.32 Å². The van der Waals surface area contributed by atoms with E-state index in [2.05, 4.69) is 11.9 Å². The predicted molar refractivity (Wildman–Crippen MR) is 67.3 cm³/mol. The van der Waals surface area contributed by atoms with E-state index in [1.807, 2.05) is 43.3 Å². The van der Waals surface area contributed by atoms with Crippen LogP contribution in [0.15, 0.2) is 43.0 Å². The summed E-state index contributed by atoms with van der Waals surface area (Å²) in [5.74, 6) is 0.0709. The van der Waals surface area contributed by atoms with Crippen LogP contribution >= 0.6 is 0 Å². The third kappa shape index (κ3) is 3.54. The molecule has 1 unspecified atom stereocenters. The van der Waals surface area contributed by atoms with Crippen LogP contribution in [0.25, 0.3) is 0 Å². The number of carbonyl (C=O) groups is 1. The summed E-state index contributed by atoms with van der Waals surface area (Å²) in [7, 11) is 0. The van der Waals surface area contributed by atoms with Crippen molar-refractivity contribution in [3.63, 3.8) is 0 Å². The van der Waals surface area contributed by atoms with Crippen LogP contribution in [0.3, 0.4) is 0 Å². The molecule has 0 aliphatic rings. The van der Waals surface area contributed by atoms with Crippen molar-refractivity contribution in [2.45, 2.75) is 25.7 Å². The van der Waals surface area contributed by atoms with Crippen LogP contribution < -0.4 is 5.32 Å². The fraction of sp³-hybridized carbons (Fsp3) is 0.357. The van der Waals surface area contributed by atoms with E-state index in [1.54, 1.807) is 0 Å². The molecule has 0 bridgehead atoms. The Balaban J connectivity index is 2.60. The molecule has 1 amide bonds. The van der Waals surface area contributed by atoms with Crippen LogP contribution in [-0.2, 0) is 4.79 Å². The molecule has 2 nitrogen and oxygen atoms in total. The van der Waals surface area contributed by atoms with Crippen LogP contribution in [0.5, 0.6) is 0 Å². The van der Waals surface area contributed by atoms with Crippen molar-refractivity contribution in [1.29, 1.82) is 0 Å². The minimum absolute atomic E-state index is 0.0361. The molecule has 0 aromatic heterocycles. The van der Waals surface area contributed by atoms with Gasteiger partial charge in [-0.2, -0.15) is 0 Å². The van der Waals surface area contributed by atoms with Crippen LogP contribution in [0.2, 0.25) is 0 Å². The van der Waals surface area contributed by atoms with Gasteiger partial charge in [0.2, 0.25) is 5.91 Å². The molecule has 0 radical (unpaired) electrons. The summed E-state index contributed by atoms with van der Waals surface area (Å²) in [6, 6.07) is 9.90. The lowest BCUT2D eigenvalue weighted by Crippen LogP contribution is -2.29. The van der Waals surface area contributed by atoms with Gasteiger partial charge in [-0.1, -0.05) is 43.3 Å². The lowest BCUT2D eigenvalue weighted by atomic mass is 9.96. The molecule has 0 saturated heterocycles. The molecule has 1 aromatic carbocycles. The highest BCUT2D eigenvalue weighted by Crippen LogP contribution is 2.18. The molecule has 0 aliphatic heterocycles. The summed E-state index contributed by atoms with van der Waals surface area (Å²) >= 11 is 0. The first-order valence-corrected chi connectivity index (χ1v) is 5.73. The highest BCUT2D eigenvalue weighted by Gasteiger charge is 2.17. The Kier molecular flexibility index (Phi) is 5.34. The molecule has 0 aliphatic carbocycles. The minimum atomic E-state index is -0.0361. The zero-order chi connectivity index (χ0) is 11.8. The molecule has 1 atom stereocenters. The lowest BCUT2D eigenvalue weighted by molar-refractivity contribution is -0.122. The molecule has 0 fully saturated rings. The topological polar surface area (TPSA) is 29.1 Å². The Bertz CT molecular complexity index is 332. The Morgan fingerprint density at radius 3 is 2.69 bits per heavy atom. The van der Waals surface area contributed by atoms with Gasteiger partial charge in [0.25, 0.3) is 0 Å². The highest BCUT2D eigenvalue weighted by atomic mass is 16.1. The van der Waals surface area contributed by atoms with Crippen molar-refractivity contribution in [3.05, 3.63) is 48.6 Å². The minimum Gasteiger partial charge on any atom is -0.355 e. The first kappa shape index (κ1) is 12.5. The van der Waals surface area contributed by atoms with E-state index in [-0.39, 0.29) is 11.8 Å². The normalized spacial score (nSPS) is 11.8. The van der Waals surface area contributed by atoms with E-state index in [9.17, 15) is 4.79 Å². The Labute approximate surface area is 97.4 Å². The van der Waals surface area contributed by atoms with Gasteiger partial charge in [0.1, 0.15) is 0 Å². The molecule has 0 saturated carbocycles. The van der Waals surface area contributed by atoms with Crippen LogP contribution in [0.1, 0.15) is 31.2 Å². The highest BCUT2D eigenvalue weighted by molar-refractivity contribution is 5.83. The number of amides is 1. The summed E-state index contributed by atoms with van der Waals surface area (Å²) in [6.07, 6.45) is 3.45. The van der Waals surface area contributed by atoms with E-state index >= 15 is 0 Å². The van der Waals surface area contributed by atoms with Gasteiger partial charge in [0, 0.05) is 6.54 Å². The number of rotatable bonds is 6. The van der Waals surface area contributed by atoms with Gasteiger partial charge in [-0.3, -0.25) is 4.79 Å². The Morgan fingerprint density at radius 1 is 1.44 bits per heavy atom. The van der Waals surface area contributed by atoms with Gasteiger partial charge in [-0.15, -0.1) is 6.58 Å². The molecule has 0 heterocycles. The quantitative estimate of drug-likeness (QED) is 0.576. The van der Waals surface area contributed by atoms with Gasteiger partial charge in [0.15, 0.2) is 0 Å². The third-order valence-corrected chi connectivity index (χ3v) is 2.57. The molecule has 16 heavy (non-hydrogen) atoms. The smallest absolute Gasteiger partial charge is 0.227 e. The maximum Gasteiger partial charge on any atom is 0.227 e. The third-order valence-electron chi connectivity index (χ3n) is 2.57. The fourth-order valence-electron chi connectivity index (χ4n) is 1.68. The van der Waals surface area contributed by atoms with Gasteiger partial charge in [0.05, 0.1) is 5.92 Å². The zero-order valence-corrected chi connectivity index (χ0v) is 9.78. The Hall–Kier alpha value is -1.57. The number of carbonyl (C=O) groups excluding carboxylic acids is 1. The van der Waals surface area contributed by atoms with Crippen molar-refractivity contribution in [2.24, 2.45) is 0 Å². The van der Waals surface area contributed by atoms with Crippen LogP contribution in [0.4, 0.5) is 0 Å². The molecular formula is C14H19NO. The summed E-state index contributed by atoms with van der Waals surface area (Å²) in [5.41, 5.74) is 1.08. The van der Waals surface area contributed by atoms with Gasteiger partial charge in [-0.05, 0) is 18.4 Å². The van der Waals surface area contributed by atoms with Crippen LogP contribution in [-0.4, -0.2) is 12.5 Å². The van der Waals surface area contributed by atoms with E-state index in [4.69, 9.17) is 0 Å². The van der Waals surface area contributed by atoms with E-state index in [0.717, 1.165) is 18.4 Å². The fourth-order valence-corrected chi connectivity index (χ4v) is 1.68. The lowest BCUT2D eigenvalue weighted by Gasteiger charge is -2.14. The maximum absolute atomic E-state index is 11.9. The molecule has 1 rings (SSSR count). The molecule has 1 aromatic rings. The summed E-state index contributed by atoms with van der Waals surface area (Å²) in [4.78, 5) is 11.9. The average Bonchev–Trinajstić information content (AvgIpc) is 2.32. The van der Waals surface area contributed by atoms with Crippen molar-refractivity contribution >= 4 is 5.91 Å². The number of nitrogens with one attached hydrogen (secondary N) is 1. The second-order valence-corrected chi connectivity index (χ2v) is 3.74. The molecule has 2 heteroatoms. The van der Waals surface area contributed by atoms with E-state index < -0.39 is 0 Å². The first-order valence-electron chi connectivity index (χ1n) is 5.73. The van der Waals surface area contributed by atoms with Gasteiger partial charge in [-0.25, -0.2) is 0 Å². The zero-order valence-electron chi connectivity index (χ0n) is 9.78. The number of benzene rings is 1. The number of hydrogen-bond donors (Lipinski definition) is 1. The SMILES string of the molecule is C=CCCNC(=O)C(CC)c1ccccc1. The van der Waals surface area contributed by atoms with E-state index in [0.29, 0.717) is 6.54 Å². The average molecular weight is 217 g/mol. The van der Waals surface area contributed by atoms with Gasteiger partial charge >= 0.3 is 0 Å². The van der Waals surface area contributed by atoms with Crippen molar-refractivity contribution in [3.8, 4) is 0 Å². The van der Waals surface area contributed by atoms with Crippen LogP contribution in [0, 0.1) is 0 Å². The van der Waals surface area contributed by atoms with Crippen molar-refractivity contribution < 1.29 is 4.79 Å². The standard InChI is InChI=1S/C14H19NO/c1-3-5-11-15-14(16)13(4-2)12-9-7-6-8-10-12/h3,6-10,13H,1,4-5,11H2,2H3,(H,15,16). The molecule has 86 valence electrons. The predicted octanol–water partition coefficient (Wildman–Crippen LogP) is 2.87. The van der Waals surface area contributed by atoms with Gasteiger partial charge < -0.3 is 5.32 Å². The first-order chi connectivity index (χ1) is 7.79. The molecular weight excluding hydrogens is 198 g/mol. The molecule has 0 spiro atoms. The Morgan fingerprint density at radius 2 is 2.12 bits per heavy atom. The van der Waals surface area contributed by atoms with E-state index in [1.165, 1.54) is 0 Å². The summed E-state index contributed by atoms with van der Waals surface area (Å²) in [5, 5.41) is 2.92. The molecule has 1 N–H and O–H groups in total. The largest absolute Gasteiger partial charge is 0.355 e. The second-order valence-electron chi connectivity index (χ2n) is 3.74. The maximum atomic E-state index is 11.9. The van der Waals surface area contributed by atoms with Crippen molar-refractivity contribution in [2.75, 3.05) is 6.54 Å². The summed E-state index contributed by atoms with van der Waals surface area (Å²) in [6.45, 7) is 6.33. The second kappa shape index (κ2) is 6.83.